The van der Waals surface area contributed by atoms with Gasteiger partial charge < -0.3 is 9.47 Å². The summed E-state index contributed by atoms with van der Waals surface area (Å²) in [4.78, 5) is 13.8. The number of carbonyl (C=O) groups excluding carboxylic acids is 1. The van der Waals surface area contributed by atoms with Crippen LogP contribution in [0.25, 0.3) is 11.1 Å². The van der Waals surface area contributed by atoms with Crippen molar-refractivity contribution in [2.45, 2.75) is 46.6 Å². The summed E-state index contributed by atoms with van der Waals surface area (Å²) in [5.41, 5.74) is 2.00. The Morgan fingerprint density at radius 1 is 1.13 bits per heavy atom. The average molecular weight is 416 g/mol. The molecule has 2 rings (SSSR count). The summed E-state index contributed by atoms with van der Waals surface area (Å²) >= 11 is 0. The van der Waals surface area contributed by atoms with Gasteiger partial charge in [0.15, 0.2) is 0 Å². The van der Waals surface area contributed by atoms with E-state index in [0.29, 0.717) is 24.6 Å². The smallest absolute Gasteiger partial charge is 0.320 e. The molecule has 0 aliphatic carbocycles. The topological polar surface area (TPSA) is 38.8 Å². The quantitative estimate of drug-likeness (QED) is 0.518. The number of halogens is 1. The first-order chi connectivity index (χ1) is 14.0. The van der Waals surface area contributed by atoms with Crippen molar-refractivity contribution >= 4 is 5.97 Å². The van der Waals surface area contributed by atoms with E-state index in [1.54, 1.807) is 12.1 Å². The van der Waals surface area contributed by atoms with Crippen LogP contribution >= 0.6 is 0 Å². The Bertz CT molecular complexity index is 843. The van der Waals surface area contributed by atoms with Crippen molar-refractivity contribution in [3.8, 4) is 16.9 Å². The van der Waals surface area contributed by atoms with Crippen molar-refractivity contribution in [3.05, 3.63) is 53.8 Å². The summed E-state index contributed by atoms with van der Waals surface area (Å²) in [7, 11) is 1.86. The minimum Gasteiger partial charge on any atom is -0.492 e. The van der Waals surface area contributed by atoms with E-state index in [0.717, 1.165) is 23.3 Å². The van der Waals surface area contributed by atoms with Gasteiger partial charge in [0.1, 0.15) is 23.8 Å². The van der Waals surface area contributed by atoms with Crippen LogP contribution in [0.1, 0.15) is 40.2 Å². The van der Waals surface area contributed by atoms with Gasteiger partial charge in [-0.05, 0) is 69.5 Å². The van der Waals surface area contributed by atoms with Crippen molar-refractivity contribution in [3.63, 3.8) is 0 Å². The van der Waals surface area contributed by atoms with E-state index in [9.17, 15) is 9.18 Å². The average Bonchev–Trinajstić information content (AvgIpc) is 2.61. The lowest BCUT2D eigenvalue weighted by Gasteiger charge is -2.22. The predicted molar refractivity (Wildman–Crippen MR) is 119 cm³/mol. The Morgan fingerprint density at radius 2 is 1.83 bits per heavy atom. The maximum atomic E-state index is 14.2. The number of benzene rings is 2. The molecule has 30 heavy (non-hydrogen) atoms. The molecule has 0 amide bonds. The highest BCUT2D eigenvalue weighted by atomic mass is 19.1. The van der Waals surface area contributed by atoms with E-state index >= 15 is 0 Å². The Morgan fingerprint density at radius 3 is 2.47 bits per heavy atom. The molecule has 0 fully saturated rings. The van der Waals surface area contributed by atoms with Crippen molar-refractivity contribution in [2.75, 3.05) is 26.7 Å². The molecule has 0 aromatic heterocycles. The zero-order valence-corrected chi connectivity index (χ0v) is 19.0. The van der Waals surface area contributed by atoms with Gasteiger partial charge in [-0.1, -0.05) is 38.1 Å². The van der Waals surface area contributed by atoms with Gasteiger partial charge in [0.2, 0.25) is 0 Å². The molecule has 0 N–H and O–H groups in total. The summed E-state index contributed by atoms with van der Waals surface area (Å²) in [6, 6.07) is 12.6. The molecular formula is C25H34FNO3. The molecule has 0 atom stereocenters. The third kappa shape index (κ3) is 7.79. The van der Waals surface area contributed by atoms with Gasteiger partial charge in [-0.25, -0.2) is 4.39 Å². The molecule has 0 aliphatic rings. The van der Waals surface area contributed by atoms with Gasteiger partial charge in [-0.3, -0.25) is 9.69 Å². The molecule has 0 saturated carbocycles. The largest absolute Gasteiger partial charge is 0.492 e. The molecule has 0 saturated heterocycles. The van der Waals surface area contributed by atoms with Crippen LogP contribution in [0.4, 0.5) is 4.39 Å². The zero-order valence-electron chi connectivity index (χ0n) is 19.0. The molecule has 0 radical (unpaired) electrons. The highest BCUT2D eigenvalue weighted by Gasteiger charge is 2.17. The predicted octanol–water partition coefficient (Wildman–Crippen LogP) is 5.34. The first kappa shape index (κ1) is 23.9. The van der Waals surface area contributed by atoms with Crippen LogP contribution < -0.4 is 4.74 Å². The maximum absolute atomic E-state index is 14.2. The lowest BCUT2D eigenvalue weighted by molar-refractivity contribution is -0.155. The van der Waals surface area contributed by atoms with Crippen molar-refractivity contribution in [1.82, 2.24) is 4.90 Å². The Labute approximate surface area is 180 Å². The van der Waals surface area contributed by atoms with E-state index in [4.69, 9.17) is 9.47 Å². The van der Waals surface area contributed by atoms with E-state index in [1.807, 2.05) is 57.0 Å². The molecule has 0 aliphatic heterocycles. The van der Waals surface area contributed by atoms with Crippen LogP contribution in [0, 0.1) is 11.7 Å². The molecule has 0 bridgehead atoms. The lowest BCUT2D eigenvalue weighted by atomic mass is 9.97. The van der Waals surface area contributed by atoms with Gasteiger partial charge >= 0.3 is 5.97 Å². The van der Waals surface area contributed by atoms with Gasteiger partial charge in [0.25, 0.3) is 0 Å². The number of esters is 1. The number of ether oxygens (including phenoxy) is 2. The van der Waals surface area contributed by atoms with Crippen LogP contribution in [0.3, 0.4) is 0 Å². The second kappa shape index (κ2) is 10.6. The van der Waals surface area contributed by atoms with E-state index in [1.165, 1.54) is 6.07 Å². The molecule has 0 unspecified atom stereocenters. The molecule has 0 heterocycles. The van der Waals surface area contributed by atoms with Gasteiger partial charge in [-0.2, -0.15) is 0 Å². The van der Waals surface area contributed by atoms with Crippen molar-refractivity contribution in [1.29, 1.82) is 0 Å². The SMILES string of the molecule is CC(C)Cc1cc(-c2ccccc2F)ccc1OCCN(C)CC(=O)OC(C)(C)C. The van der Waals surface area contributed by atoms with E-state index < -0.39 is 5.60 Å². The second-order valence-electron chi connectivity index (χ2n) is 9.07. The number of hydrogen-bond donors (Lipinski definition) is 0. The zero-order chi connectivity index (χ0) is 22.3. The first-order valence-electron chi connectivity index (χ1n) is 10.5. The molecular weight excluding hydrogens is 381 g/mol. The van der Waals surface area contributed by atoms with Crippen molar-refractivity contribution < 1.29 is 18.7 Å². The standard InChI is InChI=1S/C25H34FNO3/c1-18(2)15-20-16-19(21-9-7-8-10-22(21)26)11-12-23(20)29-14-13-27(6)17-24(28)30-25(3,4)5/h7-12,16,18H,13-15,17H2,1-6H3. The number of carbonyl (C=O) groups is 1. The van der Waals surface area contributed by atoms with Gasteiger partial charge in [0.05, 0.1) is 6.54 Å². The summed E-state index contributed by atoms with van der Waals surface area (Å²) in [6.07, 6.45) is 0.839. The highest BCUT2D eigenvalue weighted by Crippen LogP contribution is 2.30. The third-order valence-corrected chi connectivity index (χ3v) is 4.42. The molecule has 5 heteroatoms. The van der Waals surface area contributed by atoms with Crippen LogP contribution in [0.5, 0.6) is 5.75 Å². The Balaban J connectivity index is 2.03. The minimum atomic E-state index is -0.486. The summed E-state index contributed by atoms with van der Waals surface area (Å²) < 4.78 is 25.6. The number of likely N-dealkylation sites (N-methyl/N-ethyl adjacent to an activating group) is 1. The van der Waals surface area contributed by atoms with Crippen LogP contribution in [-0.2, 0) is 16.0 Å². The molecule has 164 valence electrons. The second-order valence-corrected chi connectivity index (χ2v) is 9.07. The number of rotatable bonds is 9. The molecule has 0 spiro atoms. The van der Waals surface area contributed by atoms with E-state index in [2.05, 4.69) is 13.8 Å². The molecule has 2 aromatic rings. The number of nitrogens with zero attached hydrogens (tertiary/aromatic N) is 1. The number of hydrogen-bond acceptors (Lipinski definition) is 4. The molecule has 2 aromatic carbocycles. The van der Waals surface area contributed by atoms with Crippen molar-refractivity contribution in [2.24, 2.45) is 5.92 Å². The minimum absolute atomic E-state index is 0.214. The van der Waals surface area contributed by atoms with Gasteiger partial charge in [0, 0.05) is 12.1 Å². The summed E-state index contributed by atoms with van der Waals surface area (Å²) in [6.45, 7) is 11.1. The fourth-order valence-corrected chi connectivity index (χ4v) is 3.17. The summed E-state index contributed by atoms with van der Waals surface area (Å²) in [5, 5.41) is 0. The monoisotopic (exact) mass is 415 g/mol. The summed E-state index contributed by atoms with van der Waals surface area (Å²) in [5.74, 6) is 0.762. The van der Waals surface area contributed by atoms with E-state index in [-0.39, 0.29) is 18.3 Å². The van der Waals surface area contributed by atoms with Crippen LogP contribution in [-0.4, -0.2) is 43.2 Å². The Kier molecular flexibility index (Phi) is 8.42. The fraction of sp³-hybridized carbons (Fsp3) is 0.480. The third-order valence-electron chi connectivity index (χ3n) is 4.42. The normalized spacial score (nSPS) is 11.8. The van der Waals surface area contributed by atoms with Crippen LogP contribution in [0.15, 0.2) is 42.5 Å². The highest BCUT2D eigenvalue weighted by molar-refractivity contribution is 5.72. The molecule has 4 nitrogen and oxygen atoms in total. The fourth-order valence-electron chi connectivity index (χ4n) is 3.17. The first-order valence-corrected chi connectivity index (χ1v) is 10.5. The van der Waals surface area contributed by atoms with Crippen LogP contribution in [0.2, 0.25) is 0 Å². The Hall–Kier alpha value is -2.40. The lowest BCUT2D eigenvalue weighted by Crippen LogP contribution is -2.34. The maximum Gasteiger partial charge on any atom is 0.320 e. The van der Waals surface area contributed by atoms with Gasteiger partial charge in [-0.15, -0.1) is 0 Å².